The van der Waals surface area contributed by atoms with Crippen LogP contribution in [0.15, 0.2) is 41.5 Å². The van der Waals surface area contributed by atoms with Gasteiger partial charge < -0.3 is 19.8 Å². The van der Waals surface area contributed by atoms with Crippen molar-refractivity contribution in [3.05, 3.63) is 47.0 Å². The molecule has 1 aromatic carbocycles. The number of hydrogen-bond donors (Lipinski definition) is 2. The molecule has 2 N–H and O–H groups in total. The average molecular weight is 788 g/mol. The predicted molar refractivity (Wildman–Crippen MR) is 223 cm³/mol. The molecule has 0 radical (unpaired) electrons. The number of aliphatic carboxylic acids is 1. The van der Waals surface area contributed by atoms with Crippen LogP contribution in [0.5, 0.6) is 0 Å². The lowest BCUT2D eigenvalue weighted by Gasteiger charge is -2.72. The molecular weight excluding hydrogens is 715 g/mol. The van der Waals surface area contributed by atoms with E-state index in [1.54, 1.807) is 13.8 Å². The van der Waals surface area contributed by atoms with E-state index in [2.05, 4.69) is 62.3 Å². The van der Waals surface area contributed by atoms with E-state index in [-0.39, 0.29) is 70.2 Å². The largest absolute Gasteiger partial charge is 0.481 e. The molecule has 8 nitrogen and oxygen atoms in total. The van der Waals surface area contributed by atoms with E-state index < -0.39 is 28.9 Å². The maximum atomic E-state index is 14.3. The van der Waals surface area contributed by atoms with E-state index in [1.165, 1.54) is 5.57 Å². The molecule has 4 fully saturated rings. The van der Waals surface area contributed by atoms with Crippen molar-refractivity contribution in [1.82, 2.24) is 4.90 Å². The number of ether oxygens (including phenoxy) is 1. The number of carbonyl (C=O) groups is 4. The molecule has 5 aliphatic rings. The van der Waals surface area contributed by atoms with Crippen molar-refractivity contribution >= 4 is 23.6 Å². The van der Waals surface area contributed by atoms with Gasteiger partial charge in [-0.3, -0.25) is 19.2 Å². The number of carboxylic acid groups (broad SMARTS) is 1. The Hall–Kier alpha value is -3.00. The zero-order chi connectivity index (χ0) is 42.1. The molecule has 1 aromatic rings. The number of nitrogens with zero attached hydrogens (tertiary/aromatic N) is 1. The summed E-state index contributed by atoms with van der Waals surface area (Å²) in [5.74, 6) is -0.0257. The summed E-state index contributed by atoms with van der Waals surface area (Å²) >= 11 is 0. The fourth-order valence-corrected chi connectivity index (χ4v) is 13.8. The van der Waals surface area contributed by atoms with Crippen LogP contribution >= 0.6 is 0 Å². The minimum Gasteiger partial charge on any atom is -0.481 e. The summed E-state index contributed by atoms with van der Waals surface area (Å²) in [6.45, 7) is 24.2. The van der Waals surface area contributed by atoms with Gasteiger partial charge in [-0.25, -0.2) is 0 Å². The summed E-state index contributed by atoms with van der Waals surface area (Å²) in [4.78, 5) is 54.9. The number of esters is 1. The standard InChI is InChI=1S/C49H73NO7/c1-30(2)25-39(53)50(28-32-15-13-12-14-16-32)29-37(52)49-24-23-47(10)33(42(49)41(31(3)4)34(51)26-49)17-18-36-46(9)21-20-38(57-40(54)27-44(5,6)43(55)56)45(7,8)35(46)19-22-48(36,47)11/h12-16,30-31,33,35-38,52H,17-29H2,1-11H3,(H,55,56)/t33-,35+,36-,37+,38?,46+,47-,48-,49+/m1/s1. The van der Waals surface area contributed by atoms with Crippen LogP contribution < -0.4 is 0 Å². The summed E-state index contributed by atoms with van der Waals surface area (Å²) in [6.07, 6.45) is 6.89. The highest BCUT2D eigenvalue weighted by Crippen LogP contribution is 2.77. The number of carbonyl (C=O) groups excluding carboxylic acids is 3. The summed E-state index contributed by atoms with van der Waals surface area (Å²) in [5.41, 5.74) is 0.984. The Balaban J connectivity index is 1.30. The highest BCUT2D eigenvalue weighted by Gasteiger charge is 2.71. The Kier molecular flexibility index (Phi) is 11.6. The summed E-state index contributed by atoms with van der Waals surface area (Å²) < 4.78 is 6.18. The van der Waals surface area contributed by atoms with Crippen LogP contribution in [0.1, 0.15) is 152 Å². The first-order valence-electron chi connectivity index (χ1n) is 22.1. The SMILES string of the molecule is CC(C)CC(=O)N(Cc1ccccc1)C[C@H](O)[C@@]12CC[C@]3(C)[C@H](CC[C@@H]4[C@@]5(C)CCC(OC(=O)CC(C)(C)C(=O)O)C(C)(C)[C@@H]5CC[C@]43C)C1=C(C(C)C)C(=O)C2. The number of hydrogen-bond acceptors (Lipinski definition) is 6. The third-order valence-electron chi connectivity index (χ3n) is 17.0. The number of aliphatic hydroxyl groups is 1. The molecule has 0 aliphatic heterocycles. The predicted octanol–water partition coefficient (Wildman–Crippen LogP) is 9.82. The number of benzene rings is 1. The lowest BCUT2D eigenvalue weighted by Crippen LogP contribution is -2.66. The second kappa shape index (κ2) is 15.2. The van der Waals surface area contributed by atoms with E-state index in [0.29, 0.717) is 31.2 Å². The van der Waals surface area contributed by atoms with Crippen LogP contribution in [0, 0.1) is 62.1 Å². The smallest absolute Gasteiger partial charge is 0.309 e. The molecular formula is C49H73NO7. The maximum absolute atomic E-state index is 14.3. The number of allylic oxidation sites excluding steroid dienone is 1. The van der Waals surface area contributed by atoms with Gasteiger partial charge in [0.15, 0.2) is 5.78 Å². The van der Waals surface area contributed by atoms with Crippen LogP contribution in [-0.4, -0.2) is 57.5 Å². The Bertz CT molecular complexity index is 1760. The van der Waals surface area contributed by atoms with Gasteiger partial charge in [-0.1, -0.05) is 98.2 Å². The molecule has 5 aliphatic carbocycles. The summed E-state index contributed by atoms with van der Waals surface area (Å²) in [6, 6.07) is 10.0. The highest BCUT2D eigenvalue weighted by molar-refractivity contribution is 6.00. The van der Waals surface area contributed by atoms with Crippen molar-refractivity contribution in [1.29, 1.82) is 0 Å². The summed E-state index contributed by atoms with van der Waals surface area (Å²) in [7, 11) is 0. The second-order valence-corrected chi connectivity index (χ2v) is 21.9. The number of Topliss-reactive ketones (excluding diaryl/α,β-unsaturated/α-hetero) is 1. The Labute approximate surface area is 343 Å². The van der Waals surface area contributed by atoms with Gasteiger partial charge in [-0.05, 0) is 122 Å². The van der Waals surface area contributed by atoms with Crippen molar-refractivity contribution in [2.24, 2.45) is 62.1 Å². The average Bonchev–Trinajstić information content (AvgIpc) is 3.42. The van der Waals surface area contributed by atoms with Gasteiger partial charge in [0, 0.05) is 36.8 Å². The van der Waals surface area contributed by atoms with Crippen LogP contribution in [0.3, 0.4) is 0 Å². The van der Waals surface area contributed by atoms with Gasteiger partial charge in [-0.15, -0.1) is 0 Å². The van der Waals surface area contributed by atoms with Gasteiger partial charge in [0.05, 0.1) is 17.9 Å². The van der Waals surface area contributed by atoms with Crippen molar-refractivity contribution in [2.75, 3.05) is 6.54 Å². The minimum atomic E-state index is -1.18. The van der Waals surface area contributed by atoms with E-state index in [9.17, 15) is 29.4 Å². The third-order valence-corrected chi connectivity index (χ3v) is 17.0. The molecule has 1 amide bonds. The molecule has 0 heterocycles. The van der Waals surface area contributed by atoms with E-state index in [1.807, 2.05) is 35.2 Å². The van der Waals surface area contributed by atoms with Crippen LogP contribution in [0.25, 0.3) is 0 Å². The fraction of sp³-hybridized carbons (Fsp3) is 0.755. The molecule has 0 bridgehead atoms. The fourth-order valence-electron chi connectivity index (χ4n) is 13.8. The van der Waals surface area contributed by atoms with Gasteiger partial charge in [0.1, 0.15) is 6.10 Å². The molecule has 9 atom stereocenters. The molecule has 0 spiro atoms. The van der Waals surface area contributed by atoms with Crippen molar-refractivity contribution < 1.29 is 34.1 Å². The topological polar surface area (TPSA) is 121 Å². The number of amides is 1. The van der Waals surface area contributed by atoms with E-state index in [4.69, 9.17) is 4.74 Å². The Morgan fingerprint density at radius 3 is 2.16 bits per heavy atom. The minimum absolute atomic E-state index is 0.00329. The molecule has 1 unspecified atom stereocenters. The normalized spacial score (nSPS) is 35.2. The van der Waals surface area contributed by atoms with Crippen LogP contribution in [-0.2, 0) is 30.5 Å². The first kappa shape index (κ1) is 43.6. The number of aliphatic hydroxyl groups excluding tert-OH is 1. The molecule has 6 rings (SSSR count). The molecule has 0 saturated heterocycles. The summed E-state index contributed by atoms with van der Waals surface area (Å²) in [5, 5.41) is 22.3. The van der Waals surface area contributed by atoms with Crippen LogP contribution in [0.4, 0.5) is 0 Å². The van der Waals surface area contributed by atoms with E-state index in [0.717, 1.165) is 62.5 Å². The molecule has 0 aromatic heterocycles. The highest BCUT2D eigenvalue weighted by atomic mass is 16.5. The first-order chi connectivity index (χ1) is 26.4. The Morgan fingerprint density at radius 1 is 0.877 bits per heavy atom. The van der Waals surface area contributed by atoms with E-state index >= 15 is 0 Å². The van der Waals surface area contributed by atoms with Gasteiger partial charge >= 0.3 is 11.9 Å². The number of fused-ring (bicyclic) bond motifs is 7. The third kappa shape index (κ3) is 7.24. The number of ketones is 1. The zero-order valence-electron chi connectivity index (χ0n) is 37.0. The Morgan fingerprint density at radius 2 is 1.54 bits per heavy atom. The van der Waals surface area contributed by atoms with Crippen molar-refractivity contribution in [2.45, 2.75) is 166 Å². The zero-order valence-corrected chi connectivity index (χ0v) is 37.0. The van der Waals surface area contributed by atoms with Crippen molar-refractivity contribution in [3.63, 3.8) is 0 Å². The maximum Gasteiger partial charge on any atom is 0.309 e. The van der Waals surface area contributed by atoms with Crippen molar-refractivity contribution in [3.8, 4) is 0 Å². The molecule has 8 heteroatoms. The number of rotatable bonds is 12. The van der Waals surface area contributed by atoms with Gasteiger partial charge in [0.25, 0.3) is 0 Å². The van der Waals surface area contributed by atoms with Gasteiger partial charge in [0.2, 0.25) is 5.91 Å². The molecule has 316 valence electrons. The molecule has 4 saturated carbocycles. The second-order valence-electron chi connectivity index (χ2n) is 21.9. The van der Waals surface area contributed by atoms with Crippen LogP contribution in [0.2, 0.25) is 0 Å². The van der Waals surface area contributed by atoms with Gasteiger partial charge in [-0.2, -0.15) is 0 Å². The monoisotopic (exact) mass is 788 g/mol. The first-order valence-corrected chi connectivity index (χ1v) is 22.1. The lowest BCUT2D eigenvalue weighted by molar-refractivity contribution is -0.235. The quantitative estimate of drug-likeness (QED) is 0.202. The lowest BCUT2D eigenvalue weighted by atomic mass is 9.33. The number of carboxylic acids is 1. The molecule has 57 heavy (non-hydrogen) atoms.